The van der Waals surface area contributed by atoms with Crippen LogP contribution in [0, 0.1) is 116 Å². The average Bonchev–Trinajstić information content (AvgIpc) is 4.18. The summed E-state index contributed by atoms with van der Waals surface area (Å²) in [5.41, 5.74) is -24.9. The number of benzene rings is 4. The maximum atomic E-state index is 15.9. The van der Waals surface area contributed by atoms with E-state index in [9.17, 15) is 62.9 Å². The summed E-state index contributed by atoms with van der Waals surface area (Å²) in [5.74, 6) is -55.0. The smallest absolute Gasteiger partial charge is 0.657 e. The Morgan fingerprint density at radius 2 is 0.479 bits per heavy atom. The van der Waals surface area contributed by atoms with Crippen LogP contribution in [0.2, 0.25) is 0 Å². The van der Waals surface area contributed by atoms with Gasteiger partial charge in [0.15, 0.2) is 93.1 Å². The Labute approximate surface area is 392 Å². The van der Waals surface area contributed by atoms with Crippen LogP contribution in [0.1, 0.15) is 35.0 Å². The molecule has 368 valence electrons. The van der Waals surface area contributed by atoms with Crippen molar-refractivity contribution in [2.75, 3.05) is 0 Å². The Hall–Kier alpha value is -7.05. The molecular formula is C44H10F20N4O2Pt. The van der Waals surface area contributed by atoms with Gasteiger partial charge in [0, 0.05) is 0 Å². The molecule has 0 fully saturated rings. The predicted octanol–water partition coefficient (Wildman–Crippen LogP) is 12.0. The van der Waals surface area contributed by atoms with E-state index in [0.717, 1.165) is 0 Å². The Bertz CT molecular complexity index is 3390. The number of nitrogens with zero attached hydrogens (tertiary/aromatic N) is 4. The van der Waals surface area contributed by atoms with Crippen LogP contribution in [0.3, 0.4) is 0 Å². The maximum absolute atomic E-state index is 15.9. The third kappa shape index (κ3) is 7.22. The van der Waals surface area contributed by atoms with Crippen LogP contribution in [0.4, 0.5) is 87.8 Å². The third-order valence-electron chi connectivity index (χ3n) is 10.9. The average molecular weight is 1200 g/mol. The summed E-state index contributed by atoms with van der Waals surface area (Å²) >= 11 is 0. The molecule has 2 N–H and O–H groups in total. The zero-order valence-corrected chi connectivity index (χ0v) is 35.4. The molecule has 7 aromatic rings. The number of rotatable bonds is 4. The molecule has 0 unspecified atom stereocenters. The number of aliphatic hydroxyl groups excluding tert-OH is 2. The fraction of sp³-hybridized carbons (Fsp3) is 0.0455. The van der Waals surface area contributed by atoms with Crippen LogP contribution < -0.4 is 9.97 Å². The Morgan fingerprint density at radius 1 is 0.282 bits per heavy atom. The normalized spacial score (nSPS) is 14.5. The van der Waals surface area contributed by atoms with E-state index < -0.39 is 218 Å². The molecule has 4 aromatic carbocycles. The van der Waals surface area contributed by atoms with E-state index in [4.69, 9.17) is 0 Å². The van der Waals surface area contributed by atoms with Gasteiger partial charge in [-0.05, 0) is 34.4 Å². The van der Waals surface area contributed by atoms with Crippen molar-refractivity contribution in [3.05, 3.63) is 163 Å². The molecule has 9 rings (SSSR count). The van der Waals surface area contributed by atoms with Gasteiger partial charge in [-0.3, -0.25) is 4.98 Å². The number of hydrogen-bond acceptors (Lipinski definition) is 4. The van der Waals surface area contributed by atoms with E-state index >= 15 is 35.1 Å². The monoisotopic (exact) mass is 1200 g/mol. The second-order valence-electron chi connectivity index (χ2n) is 14.7. The fourth-order valence-corrected chi connectivity index (χ4v) is 7.74. The molecule has 8 bridgehead atoms. The molecule has 0 spiro atoms. The van der Waals surface area contributed by atoms with E-state index in [1.165, 1.54) is 0 Å². The topological polar surface area (TPSA) is 94.4 Å². The van der Waals surface area contributed by atoms with Crippen molar-refractivity contribution in [1.82, 2.24) is 19.9 Å². The van der Waals surface area contributed by atoms with Gasteiger partial charge in [-0.15, -0.1) is 22.1 Å². The van der Waals surface area contributed by atoms with Gasteiger partial charge in [0.1, 0.15) is 12.2 Å². The summed E-state index contributed by atoms with van der Waals surface area (Å²) in [5, 5.41) is 22.9. The Balaban J connectivity index is 0.00000676. The van der Waals surface area contributed by atoms with Gasteiger partial charge >= 0.3 is 21.1 Å². The molecule has 0 saturated carbocycles. The molecule has 0 amide bonds. The molecular weight excluding hydrogens is 1190 g/mol. The van der Waals surface area contributed by atoms with Crippen LogP contribution in [-0.2, 0) is 21.1 Å². The van der Waals surface area contributed by atoms with Crippen molar-refractivity contribution in [2.24, 2.45) is 0 Å². The number of aliphatic hydroxyl groups is 2. The summed E-state index contributed by atoms with van der Waals surface area (Å²) in [6, 6.07) is 1.75. The first-order chi connectivity index (χ1) is 32.9. The maximum Gasteiger partial charge on any atom is 2.00 e. The molecule has 6 nitrogen and oxygen atoms in total. The Morgan fingerprint density at radius 3 is 0.718 bits per heavy atom. The van der Waals surface area contributed by atoms with Gasteiger partial charge in [0.25, 0.3) is 0 Å². The molecule has 3 aromatic heterocycles. The molecule has 0 radical (unpaired) electrons. The zero-order valence-electron chi connectivity index (χ0n) is 33.2. The minimum absolute atomic E-state index is 0. The minimum Gasteiger partial charge on any atom is -0.657 e. The molecule has 2 atom stereocenters. The zero-order chi connectivity index (χ0) is 51.0. The van der Waals surface area contributed by atoms with Crippen LogP contribution >= 0.6 is 0 Å². The van der Waals surface area contributed by atoms with E-state index in [-0.39, 0.29) is 21.1 Å². The van der Waals surface area contributed by atoms with Crippen molar-refractivity contribution in [1.29, 1.82) is 0 Å². The first-order valence-electron chi connectivity index (χ1n) is 18.7. The SMILES string of the molecule is O[C@@H]1c2nc(c(-c3c(F)c(F)c(F)c(F)c3F)c3ccc([n-]3)c(-c3c(F)c(F)c(F)c(F)c3F)c3nc(c(-c4c(F)c(F)c(F)c(F)c4F)c4ccc([n-]4)c2-c2c(F)c(F)c(F)c(F)c2F)C=C3)[C@@H]1O.[Pt+2]. The van der Waals surface area contributed by atoms with Crippen LogP contribution in [-0.4, -0.2) is 20.2 Å². The number of halogens is 20. The molecule has 0 saturated heterocycles. The summed E-state index contributed by atoms with van der Waals surface area (Å²) in [6.45, 7) is 0. The summed E-state index contributed by atoms with van der Waals surface area (Å²) in [7, 11) is 0. The quantitative estimate of drug-likeness (QED) is 0.104. The number of fused-ring (bicyclic) bond motifs is 8. The van der Waals surface area contributed by atoms with Gasteiger partial charge in [0.2, 0.25) is 23.3 Å². The second-order valence-corrected chi connectivity index (χ2v) is 14.7. The molecule has 27 heteroatoms. The van der Waals surface area contributed by atoms with Crippen LogP contribution in [0.15, 0.2) is 24.3 Å². The van der Waals surface area contributed by atoms with Gasteiger partial charge < -0.3 is 20.2 Å². The van der Waals surface area contributed by atoms with Gasteiger partial charge in [0.05, 0.1) is 45.0 Å². The van der Waals surface area contributed by atoms with Gasteiger partial charge in [-0.1, -0.05) is 24.3 Å². The minimum atomic E-state index is -3.02. The van der Waals surface area contributed by atoms with Gasteiger partial charge in [-0.25, -0.2) is 92.8 Å². The standard InChI is InChI=1S/C44H10F20N4O2.Pt/c45-21-17(22(46)30(54)37(61)29(21)53)13-7-1-2-8(65-7)14(18-23(47)31(55)38(62)32(56)24(18)48)10-4-6-12(67-10)16(20-27(51)35(59)40(64)36(60)28(20)52)42-44(70)43(69)41(68-42)15(11-5-3-9(13)66-11)19-25(49)33(57)39(63)34(58)26(19)50;/h1-6,43-44,69-70H;/q-2;+2/t43-,44+;. The summed E-state index contributed by atoms with van der Waals surface area (Å²) in [4.78, 5) is 15.1. The molecule has 71 heavy (non-hydrogen) atoms. The van der Waals surface area contributed by atoms with E-state index in [1.54, 1.807) is 0 Å². The van der Waals surface area contributed by atoms with Crippen molar-refractivity contribution >= 4 is 34.2 Å². The number of hydrogen-bond donors (Lipinski definition) is 2. The van der Waals surface area contributed by atoms with Crippen molar-refractivity contribution < 1.29 is 119 Å². The first kappa shape index (κ1) is 50.3. The Kier molecular flexibility index (Phi) is 12.5. The molecule has 5 heterocycles. The summed E-state index contributed by atoms with van der Waals surface area (Å²) < 4.78 is 304. The van der Waals surface area contributed by atoms with Crippen LogP contribution in [0.25, 0.3) is 78.7 Å². The van der Waals surface area contributed by atoms with Crippen molar-refractivity contribution in [3.8, 4) is 44.5 Å². The second kappa shape index (κ2) is 17.7. The largest absolute Gasteiger partial charge is 2.00 e. The van der Waals surface area contributed by atoms with Crippen molar-refractivity contribution in [2.45, 2.75) is 12.2 Å². The predicted molar refractivity (Wildman–Crippen MR) is 199 cm³/mol. The van der Waals surface area contributed by atoms with Gasteiger partial charge in [-0.2, -0.15) is 0 Å². The van der Waals surface area contributed by atoms with E-state index in [1.807, 2.05) is 0 Å². The first-order valence-corrected chi connectivity index (χ1v) is 18.7. The van der Waals surface area contributed by atoms with Crippen molar-refractivity contribution in [3.63, 3.8) is 0 Å². The van der Waals surface area contributed by atoms with E-state index in [2.05, 4.69) is 19.9 Å². The molecule has 2 aliphatic heterocycles. The van der Waals surface area contributed by atoms with Crippen LogP contribution in [0.5, 0.6) is 0 Å². The molecule has 2 aliphatic rings. The third-order valence-corrected chi connectivity index (χ3v) is 10.9. The van der Waals surface area contributed by atoms with E-state index in [0.29, 0.717) is 36.4 Å². The molecule has 0 aliphatic carbocycles. The fourth-order valence-electron chi connectivity index (χ4n) is 7.74. The number of aromatic nitrogens is 4. The summed E-state index contributed by atoms with van der Waals surface area (Å²) in [6.07, 6.45) is -5.02.